The highest BCUT2D eigenvalue weighted by Crippen LogP contribution is 2.32. The van der Waals surface area contributed by atoms with Crippen molar-refractivity contribution in [1.29, 1.82) is 5.26 Å². The van der Waals surface area contributed by atoms with Gasteiger partial charge in [-0.1, -0.05) is 11.6 Å². The van der Waals surface area contributed by atoms with E-state index >= 15 is 0 Å². The molecule has 1 aromatic heterocycles. The molecular weight excluding hydrogens is 312 g/mol. The zero-order chi connectivity index (χ0) is 16.4. The fourth-order valence-corrected chi connectivity index (χ4v) is 3.38. The predicted molar refractivity (Wildman–Crippen MR) is 89.3 cm³/mol. The highest BCUT2D eigenvalue weighted by molar-refractivity contribution is 6.32. The first kappa shape index (κ1) is 15.9. The summed E-state index contributed by atoms with van der Waals surface area (Å²) in [6.07, 6.45) is 4.95. The number of piperidine rings is 1. The quantitative estimate of drug-likeness (QED) is 0.939. The van der Waals surface area contributed by atoms with Crippen molar-refractivity contribution in [2.45, 2.75) is 18.9 Å². The van der Waals surface area contributed by atoms with Crippen LogP contribution in [0.25, 0.3) is 0 Å². The topological polar surface area (TPSA) is 65.1 Å². The summed E-state index contributed by atoms with van der Waals surface area (Å²) in [7, 11) is 1.90. The molecule has 23 heavy (non-hydrogen) atoms. The molecule has 1 aliphatic rings. The lowest BCUT2D eigenvalue weighted by Gasteiger charge is -2.36. The van der Waals surface area contributed by atoms with Crippen molar-refractivity contribution in [1.82, 2.24) is 9.55 Å². The first-order chi connectivity index (χ1) is 11.1. The highest BCUT2D eigenvalue weighted by Gasteiger charge is 2.29. The third kappa shape index (κ3) is 3.19. The fraction of sp³-hybridized carbons (Fsp3) is 0.412. The first-order valence-electron chi connectivity index (χ1n) is 7.70. The van der Waals surface area contributed by atoms with E-state index < -0.39 is 6.10 Å². The van der Waals surface area contributed by atoms with E-state index in [-0.39, 0.29) is 5.92 Å². The lowest BCUT2D eigenvalue weighted by atomic mass is 9.91. The minimum Gasteiger partial charge on any atom is -0.385 e. The molecule has 1 saturated heterocycles. The molecule has 120 valence electrons. The molecule has 0 bridgehead atoms. The Morgan fingerprint density at radius 3 is 2.96 bits per heavy atom. The highest BCUT2D eigenvalue weighted by atomic mass is 35.5. The van der Waals surface area contributed by atoms with Gasteiger partial charge >= 0.3 is 0 Å². The molecule has 2 atom stereocenters. The molecule has 6 heteroatoms. The second-order valence-electron chi connectivity index (χ2n) is 5.97. The van der Waals surface area contributed by atoms with E-state index in [1.54, 1.807) is 12.3 Å². The Morgan fingerprint density at radius 2 is 2.30 bits per heavy atom. The molecule has 5 nitrogen and oxygen atoms in total. The standard InChI is InChI=1S/C17H19ClN4O/c1-21-8-6-20-17(21)16(23)13-3-2-7-22(11-13)14-5-4-12(10-19)15(18)9-14/h4-6,8-9,13,16,23H,2-3,7,11H2,1H3. The number of nitriles is 1. The number of imidazole rings is 1. The third-order valence-corrected chi connectivity index (χ3v) is 4.78. The largest absolute Gasteiger partial charge is 0.385 e. The molecule has 1 aromatic carbocycles. The molecule has 3 rings (SSSR count). The van der Waals surface area contributed by atoms with Crippen LogP contribution in [0.1, 0.15) is 30.3 Å². The van der Waals surface area contributed by atoms with Gasteiger partial charge in [-0.25, -0.2) is 4.98 Å². The second-order valence-corrected chi connectivity index (χ2v) is 6.37. The van der Waals surface area contributed by atoms with E-state index in [2.05, 4.69) is 16.0 Å². The van der Waals surface area contributed by atoms with E-state index in [0.29, 0.717) is 16.4 Å². The van der Waals surface area contributed by atoms with Crippen LogP contribution in [-0.2, 0) is 7.05 Å². The summed E-state index contributed by atoms with van der Waals surface area (Å²) in [6.45, 7) is 1.67. The monoisotopic (exact) mass is 330 g/mol. The number of aliphatic hydroxyl groups is 1. The van der Waals surface area contributed by atoms with Gasteiger partial charge < -0.3 is 14.6 Å². The average Bonchev–Trinajstić information content (AvgIpc) is 3.00. The minimum absolute atomic E-state index is 0.124. The van der Waals surface area contributed by atoms with Gasteiger partial charge in [0, 0.05) is 44.1 Å². The Kier molecular flexibility index (Phi) is 4.56. The molecule has 0 spiro atoms. The fourth-order valence-electron chi connectivity index (χ4n) is 3.17. The number of halogens is 1. The van der Waals surface area contributed by atoms with E-state index in [9.17, 15) is 5.11 Å². The van der Waals surface area contributed by atoms with Gasteiger partial charge in [-0.2, -0.15) is 5.26 Å². The number of anilines is 1. The van der Waals surface area contributed by atoms with Crippen molar-refractivity contribution in [3.05, 3.63) is 47.0 Å². The van der Waals surface area contributed by atoms with Crippen LogP contribution in [0, 0.1) is 17.2 Å². The number of benzene rings is 1. The van der Waals surface area contributed by atoms with E-state index in [4.69, 9.17) is 16.9 Å². The molecule has 0 radical (unpaired) electrons. The maximum atomic E-state index is 10.6. The van der Waals surface area contributed by atoms with Crippen LogP contribution in [-0.4, -0.2) is 27.7 Å². The number of rotatable bonds is 3. The summed E-state index contributed by atoms with van der Waals surface area (Å²) >= 11 is 6.14. The molecule has 2 heterocycles. The SMILES string of the molecule is Cn1ccnc1C(O)C1CCCN(c2ccc(C#N)c(Cl)c2)C1. The molecular formula is C17H19ClN4O. The summed E-state index contributed by atoms with van der Waals surface area (Å²) < 4.78 is 1.86. The van der Waals surface area contributed by atoms with Crippen molar-refractivity contribution in [3.63, 3.8) is 0 Å². The van der Waals surface area contributed by atoms with Crippen LogP contribution >= 0.6 is 11.6 Å². The normalized spacial score (nSPS) is 19.4. The Morgan fingerprint density at radius 1 is 1.48 bits per heavy atom. The van der Waals surface area contributed by atoms with Crippen molar-refractivity contribution in [2.24, 2.45) is 13.0 Å². The Labute approximate surface area is 140 Å². The van der Waals surface area contributed by atoms with E-state index in [1.165, 1.54) is 0 Å². The minimum atomic E-state index is -0.577. The summed E-state index contributed by atoms with van der Waals surface area (Å²) in [5, 5.41) is 20.1. The molecule has 1 aliphatic heterocycles. The van der Waals surface area contributed by atoms with Crippen LogP contribution in [0.2, 0.25) is 5.02 Å². The van der Waals surface area contributed by atoms with E-state index in [0.717, 1.165) is 31.6 Å². The van der Waals surface area contributed by atoms with Crippen LogP contribution in [0.5, 0.6) is 0 Å². The van der Waals surface area contributed by atoms with Crippen LogP contribution in [0.3, 0.4) is 0 Å². The number of hydrogen-bond donors (Lipinski definition) is 1. The molecule has 1 fully saturated rings. The van der Waals surface area contributed by atoms with Gasteiger partial charge in [-0.3, -0.25) is 0 Å². The average molecular weight is 331 g/mol. The molecule has 2 unspecified atom stereocenters. The second kappa shape index (κ2) is 6.61. The first-order valence-corrected chi connectivity index (χ1v) is 8.08. The lowest BCUT2D eigenvalue weighted by molar-refractivity contribution is 0.0875. The summed E-state index contributed by atoms with van der Waals surface area (Å²) in [6, 6.07) is 7.57. The van der Waals surface area contributed by atoms with Gasteiger partial charge in [0.1, 0.15) is 18.0 Å². The molecule has 0 amide bonds. The number of aliphatic hydroxyl groups excluding tert-OH is 1. The zero-order valence-electron chi connectivity index (χ0n) is 13.0. The number of nitrogens with zero attached hydrogens (tertiary/aromatic N) is 4. The maximum Gasteiger partial charge on any atom is 0.137 e. The van der Waals surface area contributed by atoms with Crippen molar-refractivity contribution < 1.29 is 5.11 Å². The lowest BCUT2D eigenvalue weighted by Crippen LogP contribution is -2.38. The predicted octanol–water partition coefficient (Wildman–Crippen LogP) is 2.90. The molecule has 1 N–H and O–H groups in total. The van der Waals surface area contributed by atoms with Crippen LogP contribution in [0.15, 0.2) is 30.6 Å². The van der Waals surface area contributed by atoms with Gasteiger partial charge in [-0.15, -0.1) is 0 Å². The maximum absolute atomic E-state index is 10.6. The van der Waals surface area contributed by atoms with Crippen molar-refractivity contribution in [2.75, 3.05) is 18.0 Å². The Balaban J connectivity index is 1.77. The molecule has 2 aromatic rings. The number of hydrogen-bond acceptors (Lipinski definition) is 4. The number of aromatic nitrogens is 2. The van der Waals surface area contributed by atoms with Crippen molar-refractivity contribution >= 4 is 17.3 Å². The Hall–Kier alpha value is -2.03. The Bertz CT molecular complexity index is 736. The summed E-state index contributed by atoms with van der Waals surface area (Å²) in [4.78, 5) is 6.48. The van der Waals surface area contributed by atoms with Crippen molar-refractivity contribution in [3.8, 4) is 6.07 Å². The van der Waals surface area contributed by atoms with Gasteiger partial charge in [0.2, 0.25) is 0 Å². The van der Waals surface area contributed by atoms with Gasteiger partial charge in [-0.05, 0) is 31.0 Å². The van der Waals surface area contributed by atoms with Crippen LogP contribution < -0.4 is 4.90 Å². The number of aryl methyl sites for hydroxylation is 1. The van der Waals surface area contributed by atoms with E-state index in [1.807, 2.05) is 29.9 Å². The summed E-state index contributed by atoms with van der Waals surface area (Å²) in [5.74, 6) is 0.828. The third-order valence-electron chi connectivity index (χ3n) is 4.47. The van der Waals surface area contributed by atoms with Gasteiger partial charge in [0.15, 0.2) is 0 Å². The zero-order valence-corrected chi connectivity index (χ0v) is 13.7. The summed E-state index contributed by atoms with van der Waals surface area (Å²) in [5.41, 5.74) is 1.47. The molecule has 0 aliphatic carbocycles. The smallest absolute Gasteiger partial charge is 0.137 e. The van der Waals surface area contributed by atoms with Gasteiger partial charge in [0.25, 0.3) is 0 Å². The molecule has 0 saturated carbocycles. The van der Waals surface area contributed by atoms with Gasteiger partial charge in [0.05, 0.1) is 10.6 Å². The van der Waals surface area contributed by atoms with Crippen LogP contribution in [0.4, 0.5) is 5.69 Å².